The van der Waals surface area contributed by atoms with Crippen molar-refractivity contribution in [2.75, 3.05) is 57.9 Å². The number of nitrogens with one attached hydrogen (secondary N) is 2. The van der Waals surface area contributed by atoms with Gasteiger partial charge in [0.1, 0.15) is 6.04 Å². The van der Waals surface area contributed by atoms with Crippen LogP contribution >= 0.6 is 11.6 Å². The number of piperazine rings is 2. The Hall–Kier alpha value is -3.34. The highest BCUT2D eigenvalue weighted by Crippen LogP contribution is 2.33. The number of benzene rings is 2. The molecule has 2 fully saturated rings. The molecule has 196 valence electrons. The van der Waals surface area contributed by atoms with Gasteiger partial charge in [-0.3, -0.25) is 24.2 Å². The quantitative estimate of drug-likeness (QED) is 0.563. The van der Waals surface area contributed by atoms with E-state index in [1.165, 1.54) is 4.90 Å². The van der Waals surface area contributed by atoms with Crippen LogP contribution in [0.25, 0.3) is 0 Å². The Morgan fingerprint density at radius 2 is 1.76 bits per heavy atom. The van der Waals surface area contributed by atoms with Crippen molar-refractivity contribution in [1.29, 1.82) is 0 Å². The Labute approximate surface area is 220 Å². The monoisotopic (exact) mass is 527 g/mol. The summed E-state index contributed by atoms with van der Waals surface area (Å²) in [6, 6.07) is 12.0. The molecule has 0 aliphatic carbocycles. The molecule has 3 amide bonds. The van der Waals surface area contributed by atoms with Crippen molar-refractivity contribution in [3.05, 3.63) is 53.1 Å². The summed E-state index contributed by atoms with van der Waals surface area (Å²) in [5, 5.41) is 5.92. The lowest BCUT2D eigenvalue weighted by molar-refractivity contribution is -0.145. The maximum absolute atomic E-state index is 13.2. The average Bonchev–Trinajstić information content (AvgIpc) is 3.36. The second-order valence-corrected chi connectivity index (χ2v) is 9.77. The number of carbonyl (C=O) groups excluding carboxylic acids is 3. The van der Waals surface area contributed by atoms with Crippen molar-refractivity contribution in [2.24, 2.45) is 0 Å². The summed E-state index contributed by atoms with van der Waals surface area (Å²) < 4.78 is 10.9. The van der Waals surface area contributed by atoms with Gasteiger partial charge in [0, 0.05) is 45.8 Å². The van der Waals surface area contributed by atoms with Gasteiger partial charge in [-0.15, -0.1) is 0 Å². The van der Waals surface area contributed by atoms with Gasteiger partial charge < -0.3 is 25.0 Å². The molecule has 2 aromatic carbocycles. The van der Waals surface area contributed by atoms with E-state index in [0.29, 0.717) is 23.8 Å². The zero-order valence-electron chi connectivity index (χ0n) is 20.5. The third-order valence-corrected chi connectivity index (χ3v) is 7.17. The molecule has 0 spiro atoms. The molecule has 0 bridgehead atoms. The van der Waals surface area contributed by atoms with Gasteiger partial charge >= 0.3 is 0 Å². The summed E-state index contributed by atoms with van der Waals surface area (Å²) in [6.45, 7) is 5.16. The summed E-state index contributed by atoms with van der Waals surface area (Å²) in [7, 11) is 0. The maximum atomic E-state index is 13.2. The molecule has 0 radical (unpaired) electrons. The first kappa shape index (κ1) is 25.3. The van der Waals surface area contributed by atoms with Crippen molar-refractivity contribution >= 4 is 35.0 Å². The first-order chi connectivity index (χ1) is 18.0. The number of anilines is 1. The summed E-state index contributed by atoms with van der Waals surface area (Å²) in [4.78, 5) is 44.4. The Balaban J connectivity index is 1.12. The van der Waals surface area contributed by atoms with E-state index in [2.05, 4.69) is 20.4 Å². The number of rotatable bonds is 7. The topological polar surface area (TPSA) is 103 Å². The Morgan fingerprint density at radius 3 is 2.57 bits per heavy atom. The molecular weight excluding hydrogens is 498 g/mol. The number of hydrogen-bond acceptors (Lipinski definition) is 7. The summed E-state index contributed by atoms with van der Waals surface area (Å²) in [5.74, 6) is 0.725. The molecule has 2 aromatic rings. The van der Waals surface area contributed by atoms with Crippen molar-refractivity contribution < 1.29 is 23.9 Å². The number of hydrogen-bond donors (Lipinski definition) is 2. The van der Waals surface area contributed by atoms with Crippen LogP contribution in [0.1, 0.15) is 12.0 Å². The highest BCUT2D eigenvalue weighted by Gasteiger charge is 2.35. The van der Waals surface area contributed by atoms with E-state index in [9.17, 15) is 14.4 Å². The highest BCUT2D eigenvalue weighted by molar-refractivity contribution is 6.33. The smallest absolute Gasteiger partial charge is 0.243 e. The lowest BCUT2D eigenvalue weighted by atomic mass is 10.1. The molecule has 5 rings (SSSR count). The minimum Gasteiger partial charge on any atom is -0.454 e. The van der Waals surface area contributed by atoms with Gasteiger partial charge in [-0.25, -0.2) is 0 Å². The molecule has 2 N–H and O–H groups in total. The fourth-order valence-corrected chi connectivity index (χ4v) is 5.02. The fraction of sp³-hybridized carbons (Fsp3) is 0.423. The molecule has 11 heteroatoms. The predicted molar refractivity (Wildman–Crippen MR) is 137 cm³/mol. The lowest BCUT2D eigenvalue weighted by Gasteiger charge is -2.38. The standard InChI is InChI=1S/C26H30ClN5O5/c27-19-3-1-2-4-20(19)29-24(33)14-21-26(35)28-7-8-32(21)25(34)16-31-11-9-30(10-12-31)15-18-5-6-22-23(13-18)37-17-36-22/h1-6,13,21H,7-12,14-17H2,(H,28,35)(H,29,33)/t21-/m1/s1. The van der Waals surface area contributed by atoms with Crippen LogP contribution in [-0.4, -0.2) is 91.1 Å². The molecule has 10 nitrogen and oxygen atoms in total. The van der Waals surface area contributed by atoms with Gasteiger partial charge in [0.2, 0.25) is 24.5 Å². The average molecular weight is 528 g/mol. The van der Waals surface area contributed by atoms with E-state index in [1.54, 1.807) is 24.3 Å². The minimum atomic E-state index is -0.851. The molecule has 3 aliphatic heterocycles. The van der Waals surface area contributed by atoms with Crippen LogP contribution in [0.3, 0.4) is 0 Å². The molecule has 3 heterocycles. The normalized spacial score (nSPS) is 20.0. The van der Waals surface area contributed by atoms with Crippen LogP contribution in [0.4, 0.5) is 5.69 Å². The zero-order chi connectivity index (χ0) is 25.8. The number of ether oxygens (including phenoxy) is 2. The largest absolute Gasteiger partial charge is 0.454 e. The number of fused-ring (bicyclic) bond motifs is 1. The van der Waals surface area contributed by atoms with Crippen LogP contribution in [-0.2, 0) is 20.9 Å². The number of amides is 3. The van der Waals surface area contributed by atoms with Crippen molar-refractivity contribution in [1.82, 2.24) is 20.0 Å². The third-order valence-electron chi connectivity index (χ3n) is 6.84. The van der Waals surface area contributed by atoms with Gasteiger partial charge in [-0.1, -0.05) is 29.8 Å². The van der Waals surface area contributed by atoms with Gasteiger partial charge in [0.15, 0.2) is 11.5 Å². The van der Waals surface area contributed by atoms with Crippen LogP contribution in [0.15, 0.2) is 42.5 Å². The number of nitrogens with zero attached hydrogens (tertiary/aromatic N) is 3. The van der Waals surface area contributed by atoms with Crippen LogP contribution in [0.2, 0.25) is 5.02 Å². The van der Waals surface area contributed by atoms with Gasteiger partial charge in [0.25, 0.3) is 0 Å². The third kappa shape index (κ3) is 6.15. The van der Waals surface area contributed by atoms with Gasteiger partial charge in [0.05, 0.1) is 23.7 Å². The summed E-state index contributed by atoms with van der Waals surface area (Å²) in [5.41, 5.74) is 1.63. The fourth-order valence-electron chi connectivity index (χ4n) is 4.84. The molecule has 1 atom stereocenters. The summed E-state index contributed by atoms with van der Waals surface area (Å²) in [6.07, 6.45) is -0.133. The second-order valence-electron chi connectivity index (χ2n) is 9.37. The van der Waals surface area contributed by atoms with Gasteiger partial charge in [-0.05, 0) is 29.8 Å². The molecule has 0 unspecified atom stereocenters. The first-order valence-electron chi connectivity index (χ1n) is 12.4. The van der Waals surface area contributed by atoms with Crippen molar-refractivity contribution in [3.63, 3.8) is 0 Å². The SMILES string of the molecule is O=C(C[C@@H]1C(=O)NCCN1C(=O)CN1CCN(Cc2ccc3c(c2)OCO3)CC1)Nc1ccccc1Cl. The second kappa shape index (κ2) is 11.4. The number of carbonyl (C=O) groups is 3. The van der Waals surface area contributed by atoms with Crippen LogP contribution in [0, 0.1) is 0 Å². The van der Waals surface area contributed by atoms with E-state index in [-0.39, 0.29) is 37.5 Å². The summed E-state index contributed by atoms with van der Waals surface area (Å²) >= 11 is 6.13. The molecular formula is C26H30ClN5O5. The zero-order valence-corrected chi connectivity index (χ0v) is 21.2. The molecule has 0 aromatic heterocycles. The molecule has 2 saturated heterocycles. The van der Waals surface area contributed by atoms with Crippen LogP contribution < -0.4 is 20.1 Å². The predicted octanol–water partition coefficient (Wildman–Crippen LogP) is 1.54. The Bertz CT molecular complexity index is 1170. The van der Waals surface area contributed by atoms with E-state index in [1.807, 2.05) is 18.2 Å². The van der Waals surface area contributed by atoms with Gasteiger partial charge in [-0.2, -0.15) is 0 Å². The number of para-hydroxylation sites is 1. The van der Waals surface area contributed by atoms with E-state index in [0.717, 1.165) is 49.8 Å². The maximum Gasteiger partial charge on any atom is 0.243 e. The minimum absolute atomic E-state index is 0.133. The van der Waals surface area contributed by atoms with E-state index in [4.69, 9.17) is 21.1 Å². The molecule has 0 saturated carbocycles. The van der Waals surface area contributed by atoms with Crippen molar-refractivity contribution in [3.8, 4) is 11.5 Å². The Morgan fingerprint density at radius 1 is 1.00 bits per heavy atom. The first-order valence-corrected chi connectivity index (χ1v) is 12.8. The lowest BCUT2D eigenvalue weighted by Crippen LogP contribution is -2.60. The van der Waals surface area contributed by atoms with Crippen molar-refractivity contribution in [2.45, 2.75) is 19.0 Å². The Kier molecular flexibility index (Phi) is 7.78. The van der Waals surface area contributed by atoms with E-state index >= 15 is 0 Å². The van der Waals surface area contributed by atoms with Crippen LogP contribution in [0.5, 0.6) is 11.5 Å². The van der Waals surface area contributed by atoms with E-state index < -0.39 is 6.04 Å². The molecule has 37 heavy (non-hydrogen) atoms. The molecule has 3 aliphatic rings. The highest BCUT2D eigenvalue weighted by atomic mass is 35.5. The number of halogens is 1.